The first-order valence-electron chi connectivity index (χ1n) is 6.94. The van der Waals surface area contributed by atoms with Gasteiger partial charge in [0.2, 0.25) is 5.89 Å². The third-order valence-corrected chi connectivity index (χ3v) is 3.79. The molecule has 0 amide bonds. The minimum atomic E-state index is 0.152. The Labute approximate surface area is 113 Å². The van der Waals surface area contributed by atoms with Gasteiger partial charge in [-0.3, -0.25) is 0 Å². The van der Waals surface area contributed by atoms with Crippen LogP contribution in [0.3, 0.4) is 0 Å². The maximum atomic E-state index is 5.45. The number of benzene rings is 1. The average Bonchev–Trinajstić information content (AvgIpc) is 2.98. The number of piperidine rings is 1. The Morgan fingerprint density at radius 3 is 2.89 bits per heavy atom. The number of aromatic nitrogens is 2. The second kappa shape index (κ2) is 5.53. The number of nitrogens with zero attached hydrogens (tertiary/aromatic N) is 2. The maximum Gasteiger partial charge on any atom is 0.233 e. The first kappa shape index (κ1) is 12.4. The highest BCUT2D eigenvalue weighted by atomic mass is 16.5. The largest absolute Gasteiger partial charge is 0.339 e. The summed E-state index contributed by atoms with van der Waals surface area (Å²) in [6, 6.07) is 10.3. The first-order valence-corrected chi connectivity index (χ1v) is 6.94. The molecule has 4 heteroatoms. The van der Waals surface area contributed by atoms with Gasteiger partial charge in [-0.05, 0) is 31.9 Å². The van der Waals surface area contributed by atoms with E-state index in [4.69, 9.17) is 4.52 Å². The fraction of sp³-hybridized carbons (Fsp3) is 0.467. The minimum absolute atomic E-state index is 0.152. The lowest BCUT2D eigenvalue weighted by molar-refractivity contribution is 0.355. The Hall–Kier alpha value is -1.68. The molecular weight excluding hydrogens is 238 g/mol. The quantitative estimate of drug-likeness (QED) is 0.918. The van der Waals surface area contributed by atoms with E-state index in [1.54, 1.807) is 0 Å². The van der Waals surface area contributed by atoms with Gasteiger partial charge in [-0.15, -0.1) is 0 Å². The van der Waals surface area contributed by atoms with Gasteiger partial charge in [-0.2, -0.15) is 4.98 Å². The molecule has 4 nitrogen and oxygen atoms in total. The second-order valence-corrected chi connectivity index (χ2v) is 5.17. The van der Waals surface area contributed by atoms with Gasteiger partial charge in [0.25, 0.3) is 0 Å². The Morgan fingerprint density at radius 2 is 2.16 bits per heavy atom. The van der Waals surface area contributed by atoms with Crippen molar-refractivity contribution in [1.29, 1.82) is 0 Å². The van der Waals surface area contributed by atoms with E-state index < -0.39 is 0 Å². The monoisotopic (exact) mass is 257 g/mol. The van der Waals surface area contributed by atoms with Gasteiger partial charge >= 0.3 is 0 Å². The van der Waals surface area contributed by atoms with Crippen LogP contribution in [-0.2, 0) is 0 Å². The average molecular weight is 257 g/mol. The lowest BCUT2D eigenvalue weighted by Gasteiger charge is -2.19. The molecule has 19 heavy (non-hydrogen) atoms. The van der Waals surface area contributed by atoms with E-state index in [1.165, 1.54) is 12.0 Å². The number of rotatable bonds is 3. The van der Waals surface area contributed by atoms with E-state index in [9.17, 15) is 0 Å². The summed E-state index contributed by atoms with van der Waals surface area (Å²) in [4.78, 5) is 4.59. The zero-order valence-electron chi connectivity index (χ0n) is 11.2. The SMILES string of the molecule is CC(c1ccccc1)c1nc(C2CCCNC2)no1. The number of hydrogen-bond acceptors (Lipinski definition) is 4. The van der Waals surface area contributed by atoms with Crippen molar-refractivity contribution in [2.75, 3.05) is 13.1 Å². The molecule has 0 radical (unpaired) electrons. The fourth-order valence-corrected chi connectivity index (χ4v) is 2.55. The number of nitrogens with one attached hydrogen (secondary N) is 1. The van der Waals surface area contributed by atoms with Crippen molar-refractivity contribution in [3.8, 4) is 0 Å². The van der Waals surface area contributed by atoms with Crippen molar-refractivity contribution in [3.63, 3.8) is 0 Å². The van der Waals surface area contributed by atoms with E-state index in [0.29, 0.717) is 11.8 Å². The molecule has 100 valence electrons. The highest BCUT2D eigenvalue weighted by molar-refractivity contribution is 5.23. The molecule has 1 aromatic heterocycles. The van der Waals surface area contributed by atoms with Gasteiger partial charge in [0.1, 0.15) is 0 Å². The Kier molecular flexibility index (Phi) is 3.60. The van der Waals surface area contributed by atoms with Crippen molar-refractivity contribution in [3.05, 3.63) is 47.6 Å². The van der Waals surface area contributed by atoms with Crippen LogP contribution in [0.25, 0.3) is 0 Å². The molecule has 1 aliphatic heterocycles. The molecule has 2 heterocycles. The molecule has 0 spiro atoms. The van der Waals surface area contributed by atoms with E-state index in [0.717, 1.165) is 25.3 Å². The summed E-state index contributed by atoms with van der Waals surface area (Å²) in [6.45, 7) is 4.16. The molecule has 1 fully saturated rings. The van der Waals surface area contributed by atoms with Gasteiger partial charge in [0, 0.05) is 12.5 Å². The zero-order valence-corrected chi connectivity index (χ0v) is 11.2. The molecule has 0 bridgehead atoms. The molecule has 1 aromatic carbocycles. The second-order valence-electron chi connectivity index (χ2n) is 5.17. The summed E-state index contributed by atoms with van der Waals surface area (Å²) in [6.07, 6.45) is 2.33. The van der Waals surface area contributed by atoms with Gasteiger partial charge in [-0.25, -0.2) is 0 Å². The smallest absolute Gasteiger partial charge is 0.233 e. The van der Waals surface area contributed by atoms with Crippen LogP contribution in [-0.4, -0.2) is 23.2 Å². The highest BCUT2D eigenvalue weighted by Gasteiger charge is 2.23. The van der Waals surface area contributed by atoms with E-state index in [2.05, 4.69) is 34.5 Å². The minimum Gasteiger partial charge on any atom is -0.339 e. The molecular formula is C15H19N3O. The van der Waals surface area contributed by atoms with Crippen molar-refractivity contribution >= 4 is 0 Å². The summed E-state index contributed by atoms with van der Waals surface area (Å²) in [7, 11) is 0. The van der Waals surface area contributed by atoms with Crippen LogP contribution >= 0.6 is 0 Å². The predicted molar refractivity (Wildman–Crippen MR) is 73.1 cm³/mol. The molecule has 0 aliphatic carbocycles. The van der Waals surface area contributed by atoms with E-state index >= 15 is 0 Å². The van der Waals surface area contributed by atoms with Gasteiger partial charge in [0.05, 0.1) is 5.92 Å². The van der Waals surface area contributed by atoms with Gasteiger partial charge < -0.3 is 9.84 Å². The molecule has 2 aromatic rings. The Bertz CT molecular complexity index is 517. The van der Waals surface area contributed by atoms with Crippen molar-refractivity contribution in [1.82, 2.24) is 15.5 Å². The molecule has 3 rings (SSSR count). The van der Waals surface area contributed by atoms with Crippen molar-refractivity contribution in [2.45, 2.75) is 31.6 Å². The van der Waals surface area contributed by atoms with Crippen molar-refractivity contribution in [2.24, 2.45) is 0 Å². The van der Waals surface area contributed by atoms with Crippen LogP contribution in [0.15, 0.2) is 34.9 Å². The molecule has 2 atom stereocenters. The molecule has 2 unspecified atom stereocenters. The Balaban J connectivity index is 1.77. The predicted octanol–water partition coefficient (Wildman–Crippen LogP) is 2.69. The topological polar surface area (TPSA) is 51.0 Å². The lowest BCUT2D eigenvalue weighted by Crippen LogP contribution is -2.28. The molecule has 1 aliphatic rings. The Morgan fingerprint density at radius 1 is 1.32 bits per heavy atom. The van der Waals surface area contributed by atoms with Crippen LogP contribution in [0.5, 0.6) is 0 Å². The van der Waals surface area contributed by atoms with Crippen LogP contribution in [0.2, 0.25) is 0 Å². The third kappa shape index (κ3) is 2.68. The standard InChI is InChI=1S/C15H19N3O/c1-11(12-6-3-2-4-7-12)15-17-14(18-19-15)13-8-5-9-16-10-13/h2-4,6-7,11,13,16H,5,8-10H2,1H3. The first-order chi connectivity index (χ1) is 9.34. The van der Waals surface area contributed by atoms with Crippen molar-refractivity contribution < 1.29 is 4.52 Å². The van der Waals surface area contributed by atoms with Gasteiger partial charge in [0.15, 0.2) is 5.82 Å². The molecule has 1 saturated heterocycles. The number of hydrogen-bond donors (Lipinski definition) is 1. The third-order valence-electron chi connectivity index (χ3n) is 3.79. The normalized spacial score (nSPS) is 21.2. The summed E-state index contributed by atoms with van der Waals surface area (Å²) >= 11 is 0. The van der Waals surface area contributed by atoms with Crippen LogP contribution in [0.1, 0.15) is 48.9 Å². The van der Waals surface area contributed by atoms with Crippen LogP contribution < -0.4 is 5.32 Å². The van der Waals surface area contributed by atoms with E-state index in [1.807, 2.05) is 18.2 Å². The summed E-state index contributed by atoms with van der Waals surface area (Å²) in [5.41, 5.74) is 1.21. The fourth-order valence-electron chi connectivity index (χ4n) is 2.55. The summed E-state index contributed by atoms with van der Waals surface area (Å²) in [5.74, 6) is 2.12. The molecule has 1 N–H and O–H groups in total. The van der Waals surface area contributed by atoms with Crippen LogP contribution in [0, 0.1) is 0 Å². The molecule has 0 saturated carbocycles. The van der Waals surface area contributed by atoms with E-state index in [-0.39, 0.29) is 5.92 Å². The lowest BCUT2D eigenvalue weighted by atomic mass is 9.98. The van der Waals surface area contributed by atoms with Gasteiger partial charge in [-0.1, -0.05) is 35.5 Å². The summed E-state index contributed by atoms with van der Waals surface area (Å²) in [5, 5.41) is 7.54. The zero-order chi connectivity index (χ0) is 13.1. The van der Waals surface area contributed by atoms with Crippen LogP contribution in [0.4, 0.5) is 0 Å². The highest BCUT2D eigenvalue weighted by Crippen LogP contribution is 2.26. The summed E-state index contributed by atoms with van der Waals surface area (Å²) < 4.78 is 5.45. The maximum absolute atomic E-state index is 5.45.